The molecular formula is C12H11FN. The predicted molar refractivity (Wildman–Crippen MR) is 55.6 cm³/mol. The maximum atomic E-state index is 13.4. The highest BCUT2D eigenvalue weighted by Gasteiger charge is 2.03. The fourth-order valence-corrected chi connectivity index (χ4v) is 1.68. The normalized spacial score (nSPS) is 10.7. The van der Waals surface area contributed by atoms with Gasteiger partial charge < -0.3 is 0 Å². The minimum Gasteiger partial charge on any atom is -0.258 e. The van der Waals surface area contributed by atoms with Crippen LogP contribution in [0.3, 0.4) is 0 Å². The maximum Gasteiger partial charge on any atom is 0.131 e. The Morgan fingerprint density at radius 1 is 1.00 bits per heavy atom. The first-order valence-electron chi connectivity index (χ1n) is 4.63. The van der Waals surface area contributed by atoms with E-state index in [0.29, 0.717) is 18.4 Å². The number of hydrogen-bond acceptors (Lipinski definition) is 0. The Hall–Kier alpha value is -1.41. The van der Waals surface area contributed by atoms with Crippen LogP contribution in [0.25, 0.3) is 10.8 Å². The van der Waals surface area contributed by atoms with Gasteiger partial charge in [0.1, 0.15) is 5.82 Å². The molecule has 2 heteroatoms. The molecule has 2 aromatic carbocycles. The maximum absolute atomic E-state index is 13.4. The molecule has 0 fully saturated rings. The third-order valence-corrected chi connectivity index (χ3v) is 2.36. The lowest BCUT2D eigenvalue weighted by atomic mass is 10.0. The van der Waals surface area contributed by atoms with Crippen LogP contribution >= 0.6 is 0 Å². The summed E-state index contributed by atoms with van der Waals surface area (Å²) in [5.41, 5.74) is 8.23. The number of nitrogens with one attached hydrogen (secondary N) is 1. The zero-order valence-electron chi connectivity index (χ0n) is 7.76. The van der Waals surface area contributed by atoms with Crippen LogP contribution in [0.1, 0.15) is 5.56 Å². The monoisotopic (exact) mass is 188 g/mol. The van der Waals surface area contributed by atoms with Gasteiger partial charge in [-0.05, 0) is 23.4 Å². The molecule has 0 amide bonds. The third kappa shape index (κ3) is 1.49. The molecule has 0 heterocycles. The molecule has 14 heavy (non-hydrogen) atoms. The second kappa shape index (κ2) is 3.76. The number of hydrogen-bond donors (Lipinski definition) is 0. The lowest BCUT2D eigenvalue weighted by molar-refractivity contribution is 0.639. The molecule has 0 saturated heterocycles. The molecule has 0 aliphatic heterocycles. The van der Waals surface area contributed by atoms with Crippen molar-refractivity contribution in [2.45, 2.75) is 6.42 Å². The number of halogens is 1. The minimum atomic E-state index is -0.186. The summed E-state index contributed by atoms with van der Waals surface area (Å²) >= 11 is 0. The molecule has 0 saturated carbocycles. The van der Waals surface area contributed by atoms with Crippen molar-refractivity contribution in [3.8, 4) is 0 Å². The lowest BCUT2D eigenvalue weighted by Gasteiger charge is -2.05. The van der Waals surface area contributed by atoms with E-state index < -0.39 is 0 Å². The van der Waals surface area contributed by atoms with Crippen molar-refractivity contribution in [2.75, 3.05) is 6.54 Å². The molecule has 0 atom stereocenters. The Balaban J connectivity index is 2.68. The van der Waals surface area contributed by atoms with E-state index in [1.165, 1.54) is 6.07 Å². The topological polar surface area (TPSA) is 23.8 Å². The zero-order valence-corrected chi connectivity index (χ0v) is 7.76. The molecule has 71 valence electrons. The van der Waals surface area contributed by atoms with Crippen LogP contribution in [0.2, 0.25) is 0 Å². The van der Waals surface area contributed by atoms with E-state index in [1.807, 2.05) is 18.2 Å². The van der Waals surface area contributed by atoms with Crippen LogP contribution in [0.4, 0.5) is 4.39 Å². The van der Waals surface area contributed by atoms with E-state index in [2.05, 4.69) is 0 Å². The average molecular weight is 188 g/mol. The molecule has 1 radical (unpaired) electrons. The highest BCUT2D eigenvalue weighted by molar-refractivity contribution is 5.86. The van der Waals surface area contributed by atoms with Crippen LogP contribution in [-0.2, 0) is 6.42 Å². The van der Waals surface area contributed by atoms with Crippen molar-refractivity contribution < 1.29 is 4.39 Å². The van der Waals surface area contributed by atoms with Crippen LogP contribution in [0.15, 0.2) is 36.4 Å². The van der Waals surface area contributed by atoms with Gasteiger partial charge in [-0.15, -0.1) is 0 Å². The van der Waals surface area contributed by atoms with Gasteiger partial charge in [0.05, 0.1) is 0 Å². The van der Waals surface area contributed by atoms with E-state index >= 15 is 0 Å². The van der Waals surface area contributed by atoms with Crippen LogP contribution in [0, 0.1) is 5.82 Å². The van der Waals surface area contributed by atoms with Gasteiger partial charge in [-0.1, -0.05) is 30.3 Å². The molecule has 0 bridgehead atoms. The van der Waals surface area contributed by atoms with E-state index in [0.717, 1.165) is 10.9 Å². The van der Waals surface area contributed by atoms with Gasteiger partial charge in [-0.3, -0.25) is 5.73 Å². The molecule has 2 aromatic rings. The van der Waals surface area contributed by atoms with Crippen molar-refractivity contribution in [1.82, 2.24) is 5.73 Å². The highest BCUT2D eigenvalue weighted by Crippen LogP contribution is 2.21. The third-order valence-electron chi connectivity index (χ3n) is 2.36. The van der Waals surface area contributed by atoms with E-state index in [9.17, 15) is 4.39 Å². The Bertz CT molecular complexity index is 451. The molecule has 1 N–H and O–H groups in total. The van der Waals surface area contributed by atoms with Crippen molar-refractivity contribution in [3.63, 3.8) is 0 Å². The molecule has 0 unspecified atom stereocenters. The largest absolute Gasteiger partial charge is 0.258 e. The Morgan fingerprint density at radius 3 is 2.43 bits per heavy atom. The lowest BCUT2D eigenvalue weighted by Crippen LogP contribution is -1.94. The minimum absolute atomic E-state index is 0.186. The summed E-state index contributed by atoms with van der Waals surface area (Å²) in [6.45, 7) is 0.343. The summed E-state index contributed by atoms with van der Waals surface area (Å²) < 4.78 is 13.4. The standard InChI is InChI=1S/C12H11FN/c13-12-6-5-9(7-8-14)10-3-1-2-4-11(10)12/h1-6,14H,7-8H2. The van der Waals surface area contributed by atoms with Gasteiger partial charge in [0.25, 0.3) is 0 Å². The molecule has 0 aliphatic rings. The van der Waals surface area contributed by atoms with Gasteiger partial charge in [0, 0.05) is 11.9 Å². The first-order chi connectivity index (χ1) is 6.83. The molecule has 2 rings (SSSR count). The second-order valence-corrected chi connectivity index (χ2v) is 3.25. The molecule has 1 nitrogen and oxygen atoms in total. The summed E-state index contributed by atoms with van der Waals surface area (Å²) in [7, 11) is 0. The van der Waals surface area contributed by atoms with Crippen molar-refractivity contribution in [2.24, 2.45) is 0 Å². The first-order valence-corrected chi connectivity index (χ1v) is 4.63. The summed E-state index contributed by atoms with van der Waals surface area (Å²) in [5, 5.41) is 1.58. The Labute approximate surface area is 82.3 Å². The number of rotatable bonds is 2. The summed E-state index contributed by atoms with van der Waals surface area (Å²) in [6, 6.07) is 10.7. The van der Waals surface area contributed by atoms with Gasteiger partial charge in [0.15, 0.2) is 0 Å². The van der Waals surface area contributed by atoms with Gasteiger partial charge in [-0.25, -0.2) is 4.39 Å². The first kappa shape index (κ1) is 9.16. The van der Waals surface area contributed by atoms with Crippen LogP contribution < -0.4 is 5.73 Å². The summed E-state index contributed by atoms with van der Waals surface area (Å²) in [5.74, 6) is -0.186. The van der Waals surface area contributed by atoms with Crippen molar-refractivity contribution >= 4 is 10.8 Å². The van der Waals surface area contributed by atoms with Crippen molar-refractivity contribution in [1.29, 1.82) is 0 Å². The Kier molecular flexibility index (Phi) is 2.46. The fraction of sp³-hybridized carbons (Fsp3) is 0.167. The van der Waals surface area contributed by atoms with E-state index in [1.54, 1.807) is 12.1 Å². The van der Waals surface area contributed by atoms with E-state index in [-0.39, 0.29) is 5.82 Å². The predicted octanol–water partition coefficient (Wildman–Crippen LogP) is 2.80. The van der Waals surface area contributed by atoms with E-state index in [4.69, 9.17) is 5.73 Å². The molecular weight excluding hydrogens is 177 g/mol. The van der Waals surface area contributed by atoms with Gasteiger partial charge in [-0.2, -0.15) is 0 Å². The summed E-state index contributed by atoms with van der Waals surface area (Å²) in [6.07, 6.45) is 0.681. The molecule has 0 spiro atoms. The second-order valence-electron chi connectivity index (χ2n) is 3.25. The highest BCUT2D eigenvalue weighted by atomic mass is 19.1. The number of fused-ring (bicyclic) bond motifs is 1. The smallest absolute Gasteiger partial charge is 0.131 e. The van der Waals surface area contributed by atoms with Crippen LogP contribution in [0.5, 0.6) is 0 Å². The molecule has 0 aliphatic carbocycles. The summed E-state index contributed by atoms with van der Waals surface area (Å²) in [4.78, 5) is 0. The SMILES string of the molecule is [NH]CCc1ccc(F)c2ccccc12. The fourth-order valence-electron chi connectivity index (χ4n) is 1.68. The van der Waals surface area contributed by atoms with Gasteiger partial charge in [0.2, 0.25) is 0 Å². The van der Waals surface area contributed by atoms with Crippen LogP contribution in [-0.4, -0.2) is 6.54 Å². The average Bonchev–Trinajstić information content (AvgIpc) is 2.23. The van der Waals surface area contributed by atoms with Crippen molar-refractivity contribution in [3.05, 3.63) is 47.8 Å². The quantitative estimate of drug-likeness (QED) is 0.692. The Morgan fingerprint density at radius 2 is 1.71 bits per heavy atom. The molecule has 0 aromatic heterocycles. The zero-order chi connectivity index (χ0) is 9.97. The van der Waals surface area contributed by atoms with Gasteiger partial charge >= 0.3 is 0 Å². The number of benzene rings is 2.